The Morgan fingerprint density at radius 3 is 3.05 bits per heavy atom. The number of para-hydroxylation sites is 1. The zero-order chi connectivity index (χ0) is 14.8. The number of hydrogen-bond acceptors (Lipinski definition) is 3. The van der Waals surface area contributed by atoms with Crippen LogP contribution in [0.1, 0.15) is 12.0 Å². The van der Waals surface area contributed by atoms with Crippen LogP contribution in [-0.4, -0.2) is 46.3 Å². The highest BCUT2D eigenvalue weighted by atomic mass is 16.5. The van der Waals surface area contributed by atoms with Crippen LogP contribution in [0.15, 0.2) is 30.5 Å². The van der Waals surface area contributed by atoms with E-state index >= 15 is 0 Å². The summed E-state index contributed by atoms with van der Waals surface area (Å²) in [4.78, 5) is 13.2. The molecule has 0 bridgehead atoms. The molecule has 2 aromatic rings. The predicted octanol–water partition coefficient (Wildman–Crippen LogP) is 1.85. The van der Waals surface area contributed by atoms with E-state index in [0.29, 0.717) is 13.2 Å². The highest BCUT2D eigenvalue weighted by molar-refractivity contribution is 5.83. The quantitative estimate of drug-likeness (QED) is 0.933. The van der Waals surface area contributed by atoms with Gasteiger partial charge < -0.3 is 14.4 Å². The van der Waals surface area contributed by atoms with Gasteiger partial charge in [0.25, 0.3) is 0 Å². The number of rotatable bonds is 4. The molecule has 3 rings (SSSR count). The van der Waals surface area contributed by atoms with E-state index in [-0.39, 0.29) is 12.5 Å². The number of morpholine rings is 1. The maximum Gasteiger partial charge on any atom is 0.305 e. The molecule has 0 amide bonds. The normalized spacial score (nSPS) is 20.0. The molecule has 0 saturated carbocycles. The third-order valence-electron chi connectivity index (χ3n) is 4.11. The summed E-state index contributed by atoms with van der Waals surface area (Å²) < 4.78 is 7.56. The van der Waals surface area contributed by atoms with Gasteiger partial charge in [-0.15, -0.1) is 0 Å². The van der Waals surface area contributed by atoms with Gasteiger partial charge in [-0.25, -0.2) is 0 Å². The van der Waals surface area contributed by atoms with E-state index in [9.17, 15) is 4.79 Å². The second-order valence-electron chi connectivity index (χ2n) is 5.58. The molecule has 0 aliphatic carbocycles. The fourth-order valence-electron chi connectivity index (χ4n) is 3.06. The van der Waals surface area contributed by atoms with Crippen molar-refractivity contribution in [1.29, 1.82) is 0 Å². The summed E-state index contributed by atoms with van der Waals surface area (Å²) in [6.07, 6.45) is 2.27. The van der Waals surface area contributed by atoms with E-state index in [0.717, 1.165) is 13.1 Å². The lowest BCUT2D eigenvalue weighted by Gasteiger charge is -2.34. The maximum atomic E-state index is 11.0. The van der Waals surface area contributed by atoms with Crippen LogP contribution in [-0.2, 0) is 23.1 Å². The molecule has 1 fully saturated rings. The van der Waals surface area contributed by atoms with E-state index in [2.05, 4.69) is 27.8 Å². The molecule has 0 spiro atoms. The first-order valence-corrected chi connectivity index (χ1v) is 7.21. The third-order valence-corrected chi connectivity index (χ3v) is 4.11. The maximum absolute atomic E-state index is 11.0. The Balaban J connectivity index is 1.84. The minimum atomic E-state index is -0.770. The molecule has 1 saturated heterocycles. The average Bonchev–Trinajstić information content (AvgIpc) is 2.78. The van der Waals surface area contributed by atoms with Crippen LogP contribution in [0.25, 0.3) is 10.9 Å². The molecule has 1 atom stereocenters. The highest BCUT2D eigenvalue weighted by Gasteiger charge is 2.26. The second-order valence-corrected chi connectivity index (χ2v) is 5.58. The number of hydrogen-bond donors (Lipinski definition) is 1. The summed E-state index contributed by atoms with van der Waals surface area (Å²) in [5.74, 6) is -0.770. The lowest BCUT2D eigenvalue weighted by molar-refractivity contribution is -0.140. The number of aliphatic carboxylic acids is 1. The average molecular weight is 288 g/mol. The monoisotopic (exact) mass is 288 g/mol. The van der Waals surface area contributed by atoms with Crippen molar-refractivity contribution in [3.05, 3.63) is 36.0 Å². The molecule has 1 unspecified atom stereocenters. The van der Waals surface area contributed by atoms with Gasteiger partial charge in [-0.2, -0.15) is 0 Å². The number of aromatic nitrogens is 1. The molecule has 0 radical (unpaired) electrons. The van der Waals surface area contributed by atoms with Crippen LogP contribution in [0, 0.1) is 0 Å². The van der Waals surface area contributed by atoms with Gasteiger partial charge in [0.15, 0.2) is 0 Å². The Morgan fingerprint density at radius 1 is 1.43 bits per heavy atom. The number of carboxylic acids is 1. The van der Waals surface area contributed by atoms with Gasteiger partial charge >= 0.3 is 5.97 Å². The Kier molecular flexibility index (Phi) is 3.94. The van der Waals surface area contributed by atoms with Crippen molar-refractivity contribution in [3.8, 4) is 0 Å². The zero-order valence-electron chi connectivity index (χ0n) is 12.2. The largest absolute Gasteiger partial charge is 0.481 e. The van der Waals surface area contributed by atoms with E-state index in [1.165, 1.54) is 16.5 Å². The van der Waals surface area contributed by atoms with E-state index in [4.69, 9.17) is 9.84 Å². The topological polar surface area (TPSA) is 54.7 Å². The molecule has 1 aliphatic rings. The van der Waals surface area contributed by atoms with Crippen LogP contribution in [0.5, 0.6) is 0 Å². The van der Waals surface area contributed by atoms with Crippen molar-refractivity contribution < 1.29 is 14.6 Å². The van der Waals surface area contributed by atoms with Gasteiger partial charge in [0.2, 0.25) is 0 Å². The summed E-state index contributed by atoms with van der Waals surface area (Å²) >= 11 is 0. The Bertz CT molecular complexity index is 650. The van der Waals surface area contributed by atoms with Gasteiger partial charge in [-0.3, -0.25) is 9.69 Å². The zero-order valence-corrected chi connectivity index (χ0v) is 12.2. The van der Waals surface area contributed by atoms with Crippen LogP contribution in [0.4, 0.5) is 0 Å². The first-order chi connectivity index (χ1) is 10.1. The molecule has 5 heteroatoms. The number of ether oxygens (including phenoxy) is 1. The van der Waals surface area contributed by atoms with Crippen molar-refractivity contribution in [1.82, 2.24) is 9.47 Å². The number of nitrogens with zero attached hydrogens (tertiary/aromatic N) is 2. The lowest BCUT2D eigenvalue weighted by atomic mass is 10.1. The predicted molar refractivity (Wildman–Crippen MR) is 80.2 cm³/mol. The molecular formula is C16H20N2O3. The lowest BCUT2D eigenvalue weighted by Crippen LogP contribution is -2.45. The summed E-state index contributed by atoms with van der Waals surface area (Å²) in [6.45, 7) is 2.71. The summed E-state index contributed by atoms with van der Waals surface area (Å²) in [5.41, 5.74) is 2.45. The van der Waals surface area contributed by atoms with E-state index in [1.54, 1.807) is 0 Å². The van der Waals surface area contributed by atoms with Gasteiger partial charge in [0.1, 0.15) is 0 Å². The van der Waals surface area contributed by atoms with Gasteiger partial charge in [-0.1, -0.05) is 18.2 Å². The van der Waals surface area contributed by atoms with Gasteiger partial charge in [-0.05, 0) is 11.6 Å². The van der Waals surface area contributed by atoms with Crippen molar-refractivity contribution in [2.75, 3.05) is 19.8 Å². The molecule has 112 valence electrons. The van der Waals surface area contributed by atoms with Crippen molar-refractivity contribution in [2.24, 2.45) is 7.05 Å². The van der Waals surface area contributed by atoms with Crippen LogP contribution in [0.2, 0.25) is 0 Å². The third kappa shape index (κ3) is 2.94. The minimum Gasteiger partial charge on any atom is -0.481 e. The first-order valence-electron chi connectivity index (χ1n) is 7.21. The number of aryl methyl sites for hydroxylation is 1. The molecule has 5 nitrogen and oxygen atoms in total. The first kappa shape index (κ1) is 14.1. The van der Waals surface area contributed by atoms with E-state index in [1.807, 2.05) is 19.2 Å². The number of carboxylic acid groups (broad SMARTS) is 1. The molecular weight excluding hydrogens is 268 g/mol. The van der Waals surface area contributed by atoms with Crippen molar-refractivity contribution in [3.63, 3.8) is 0 Å². The Labute approximate surface area is 123 Å². The van der Waals surface area contributed by atoms with E-state index < -0.39 is 5.97 Å². The summed E-state index contributed by atoms with van der Waals surface area (Å²) in [7, 11) is 2.04. The minimum absolute atomic E-state index is 0.0461. The van der Waals surface area contributed by atoms with Crippen molar-refractivity contribution >= 4 is 16.9 Å². The van der Waals surface area contributed by atoms with Crippen LogP contribution < -0.4 is 0 Å². The Morgan fingerprint density at radius 2 is 2.24 bits per heavy atom. The SMILES string of the molecule is Cn1cc(CN2CCOCC2CC(=O)O)c2ccccc21. The van der Waals surface area contributed by atoms with Crippen LogP contribution >= 0.6 is 0 Å². The number of carbonyl (C=O) groups is 1. The standard InChI is InChI=1S/C16H20N2O3/c1-17-9-12(14-4-2-3-5-15(14)17)10-18-6-7-21-11-13(18)8-16(19)20/h2-5,9,13H,6-8,10-11H2,1H3,(H,19,20). The van der Waals surface area contributed by atoms with Gasteiger partial charge in [0.05, 0.1) is 19.6 Å². The number of benzene rings is 1. The number of fused-ring (bicyclic) bond motifs is 1. The van der Waals surface area contributed by atoms with Gasteiger partial charge in [0, 0.05) is 43.3 Å². The molecule has 1 aromatic heterocycles. The van der Waals surface area contributed by atoms with Crippen molar-refractivity contribution in [2.45, 2.75) is 19.0 Å². The fourth-order valence-corrected chi connectivity index (χ4v) is 3.06. The summed E-state index contributed by atoms with van der Waals surface area (Å²) in [5, 5.41) is 10.3. The van der Waals surface area contributed by atoms with Crippen LogP contribution in [0.3, 0.4) is 0 Å². The second kappa shape index (κ2) is 5.87. The summed E-state index contributed by atoms with van der Waals surface area (Å²) in [6, 6.07) is 8.26. The molecule has 21 heavy (non-hydrogen) atoms. The highest BCUT2D eigenvalue weighted by Crippen LogP contribution is 2.23. The smallest absolute Gasteiger partial charge is 0.305 e. The molecule has 1 N–H and O–H groups in total. The molecule has 2 heterocycles. The molecule has 1 aliphatic heterocycles. The molecule has 1 aromatic carbocycles. The Hall–Kier alpha value is -1.85. The fraction of sp³-hybridized carbons (Fsp3) is 0.438.